The Morgan fingerprint density at radius 1 is 0.667 bits per heavy atom. The van der Waals surface area contributed by atoms with Crippen molar-refractivity contribution in [3.63, 3.8) is 0 Å². The van der Waals surface area contributed by atoms with Gasteiger partial charge in [-0.15, -0.1) is 0 Å². The minimum absolute atomic E-state index is 0.167. The molecule has 3 nitrogen and oxygen atoms in total. The normalized spacial score (nSPS) is 9.87. The van der Waals surface area contributed by atoms with E-state index in [0.29, 0.717) is 0 Å². The molecule has 2 rings (SSSR count). The van der Waals surface area contributed by atoms with Crippen LogP contribution in [-0.4, -0.2) is 0 Å². The third-order valence-electron chi connectivity index (χ3n) is 1.92. The summed E-state index contributed by atoms with van der Waals surface area (Å²) in [6, 6.07) is 12.5. The van der Waals surface area contributed by atoms with Gasteiger partial charge in [-0.1, -0.05) is 24.3 Å². The van der Waals surface area contributed by atoms with E-state index in [1.54, 1.807) is 24.3 Å². The molecule has 2 aromatic carbocycles. The molecule has 0 unspecified atom stereocenters. The van der Waals surface area contributed by atoms with Gasteiger partial charge >= 0.3 is 0 Å². The minimum atomic E-state index is -0.235. The molecule has 0 atom stereocenters. The molecule has 0 saturated carbocycles. The molecule has 0 amide bonds. The topological polar surface area (TPSA) is 49.0 Å². The second kappa shape index (κ2) is 3.92. The number of hydrogen-bond donors (Lipinski definition) is 0. The summed E-state index contributed by atoms with van der Waals surface area (Å²) in [6.45, 7) is 0. The lowest BCUT2D eigenvalue weighted by atomic mass is 10.3. The van der Waals surface area contributed by atoms with Crippen molar-refractivity contribution in [2.75, 3.05) is 0 Å². The van der Waals surface area contributed by atoms with Gasteiger partial charge in [-0.25, -0.2) is 0 Å². The SMILES string of the molecule is [O]c1ccccc1Oc1ccccc1[O]. The molecular formula is C12H8O3. The van der Waals surface area contributed by atoms with E-state index < -0.39 is 0 Å². The molecule has 0 saturated heterocycles. The van der Waals surface area contributed by atoms with Crippen molar-refractivity contribution in [2.24, 2.45) is 0 Å². The molecule has 0 aliphatic carbocycles. The molecule has 0 heterocycles. The van der Waals surface area contributed by atoms with Crippen molar-refractivity contribution in [1.82, 2.24) is 0 Å². The highest BCUT2D eigenvalue weighted by atomic mass is 16.5. The molecule has 74 valence electrons. The Morgan fingerprint density at radius 2 is 1.07 bits per heavy atom. The quantitative estimate of drug-likeness (QED) is 0.727. The molecule has 0 bridgehead atoms. The van der Waals surface area contributed by atoms with Crippen LogP contribution in [0.15, 0.2) is 48.5 Å². The molecule has 0 spiro atoms. The summed E-state index contributed by atoms with van der Waals surface area (Å²) in [5.41, 5.74) is 0. The van der Waals surface area contributed by atoms with E-state index in [9.17, 15) is 10.2 Å². The molecule has 3 heteroatoms. The van der Waals surface area contributed by atoms with Gasteiger partial charge in [0, 0.05) is 0 Å². The highest BCUT2D eigenvalue weighted by molar-refractivity contribution is 5.45. The Morgan fingerprint density at radius 3 is 1.47 bits per heavy atom. The van der Waals surface area contributed by atoms with Gasteiger partial charge in [0.15, 0.2) is 11.5 Å². The second-order valence-electron chi connectivity index (χ2n) is 3.00. The van der Waals surface area contributed by atoms with Crippen LogP contribution in [0.2, 0.25) is 0 Å². The zero-order chi connectivity index (χ0) is 10.7. The van der Waals surface area contributed by atoms with Crippen molar-refractivity contribution in [2.45, 2.75) is 0 Å². The van der Waals surface area contributed by atoms with Crippen LogP contribution >= 0.6 is 0 Å². The monoisotopic (exact) mass is 200 g/mol. The Kier molecular flexibility index (Phi) is 2.46. The first-order valence-corrected chi connectivity index (χ1v) is 4.47. The zero-order valence-electron chi connectivity index (χ0n) is 7.84. The number of rotatable bonds is 2. The molecule has 0 aliphatic rings. The van der Waals surface area contributed by atoms with Gasteiger partial charge in [-0.2, -0.15) is 0 Å². The smallest absolute Gasteiger partial charge is 0.221 e. The van der Waals surface area contributed by atoms with Crippen LogP contribution in [0.1, 0.15) is 0 Å². The molecule has 2 aromatic rings. The molecule has 2 radical (unpaired) electrons. The highest BCUT2D eigenvalue weighted by Gasteiger charge is 2.07. The van der Waals surface area contributed by atoms with Crippen molar-refractivity contribution in [3.8, 4) is 23.0 Å². The van der Waals surface area contributed by atoms with E-state index in [4.69, 9.17) is 4.74 Å². The number of hydrogen-bond acceptors (Lipinski definition) is 1. The summed E-state index contributed by atoms with van der Waals surface area (Å²) in [7, 11) is 0. The number of para-hydroxylation sites is 4. The molecule has 0 fully saturated rings. The Bertz CT molecular complexity index is 422. The lowest BCUT2D eigenvalue weighted by Crippen LogP contribution is -1.83. The summed E-state index contributed by atoms with van der Waals surface area (Å²) in [4.78, 5) is 0. The van der Waals surface area contributed by atoms with E-state index in [1.165, 1.54) is 24.3 Å². The first-order chi connectivity index (χ1) is 7.27. The zero-order valence-corrected chi connectivity index (χ0v) is 7.84. The predicted molar refractivity (Wildman–Crippen MR) is 53.2 cm³/mol. The van der Waals surface area contributed by atoms with Crippen molar-refractivity contribution in [3.05, 3.63) is 48.5 Å². The second-order valence-corrected chi connectivity index (χ2v) is 3.00. The first kappa shape index (κ1) is 9.40. The fourth-order valence-electron chi connectivity index (χ4n) is 1.19. The molecule has 0 aliphatic heterocycles. The fraction of sp³-hybridized carbons (Fsp3) is 0. The van der Waals surface area contributed by atoms with Gasteiger partial charge in [-0.3, -0.25) is 10.2 Å². The van der Waals surface area contributed by atoms with Crippen LogP contribution in [0, 0.1) is 0 Å². The van der Waals surface area contributed by atoms with E-state index in [-0.39, 0.29) is 23.0 Å². The lowest BCUT2D eigenvalue weighted by Gasteiger charge is -2.05. The average molecular weight is 200 g/mol. The third kappa shape index (κ3) is 2.02. The van der Waals surface area contributed by atoms with E-state index >= 15 is 0 Å². The van der Waals surface area contributed by atoms with Gasteiger partial charge < -0.3 is 4.74 Å². The summed E-state index contributed by atoms with van der Waals surface area (Å²) >= 11 is 0. The van der Waals surface area contributed by atoms with Gasteiger partial charge in [0.2, 0.25) is 11.5 Å². The summed E-state index contributed by atoms with van der Waals surface area (Å²) in [5.74, 6) is -0.136. The lowest BCUT2D eigenvalue weighted by molar-refractivity contribution is 0.309. The van der Waals surface area contributed by atoms with E-state index in [2.05, 4.69) is 0 Å². The van der Waals surface area contributed by atoms with Crippen LogP contribution < -0.4 is 4.74 Å². The molecule has 15 heavy (non-hydrogen) atoms. The molecule has 0 aromatic heterocycles. The standard InChI is InChI=1S/C12H8O3/c13-9-5-1-3-7-11(9)15-12-8-4-2-6-10(12)14/h1-8H. The van der Waals surface area contributed by atoms with Crippen LogP contribution in [0.5, 0.6) is 23.0 Å². The predicted octanol–water partition coefficient (Wildman–Crippen LogP) is 3.77. The van der Waals surface area contributed by atoms with Gasteiger partial charge in [-0.05, 0) is 24.3 Å². The van der Waals surface area contributed by atoms with Gasteiger partial charge in [0.1, 0.15) is 0 Å². The van der Waals surface area contributed by atoms with E-state index in [1.807, 2.05) is 0 Å². The Labute approximate surface area is 87.2 Å². The maximum atomic E-state index is 11.3. The van der Waals surface area contributed by atoms with Crippen LogP contribution in [0.4, 0.5) is 0 Å². The fourth-order valence-corrected chi connectivity index (χ4v) is 1.19. The van der Waals surface area contributed by atoms with Crippen molar-refractivity contribution in [1.29, 1.82) is 0 Å². The van der Waals surface area contributed by atoms with Gasteiger partial charge in [0.25, 0.3) is 0 Å². The van der Waals surface area contributed by atoms with Gasteiger partial charge in [0.05, 0.1) is 0 Å². The van der Waals surface area contributed by atoms with E-state index in [0.717, 1.165) is 0 Å². The first-order valence-electron chi connectivity index (χ1n) is 4.47. The number of ether oxygens (including phenoxy) is 1. The summed E-state index contributed by atoms with van der Waals surface area (Å²) in [5, 5.41) is 22.6. The Hall–Kier alpha value is -2.16. The van der Waals surface area contributed by atoms with Crippen LogP contribution in [0.25, 0.3) is 0 Å². The number of benzene rings is 2. The highest BCUT2D eigenvalue weighted by Crippen LogP contribution is 2.35. The largest absolute Gasteiger partial charge is 0.449 e. The van der Waals surface area contributed by atoms with Crippen molar-refractivity contribution < 1.29 is 14.9 Å². The average Bonchev–Trinajstić information content (AvgIpc) is 2.24. The summed E-state index contributed by atoms with van der Waals surface area (Å²) < 4.78 is 5.21. The maximum absolute atomic E-state index is 11.3. The van der Waals surface area contributed by atoms with Crippen molar-refractivity contribution >= 4 is 0 Å². The Balaban J connectivity index is 2.30. The van der Waals surface area contributed by atoms with Crippen LogP contribution in [-0.2, 0) is 10.2 Å². The summed E-state index contributed by atoms with van der Waals surface area (Å²) in [6.07, 6.45) is 0. The third-order valence-corrected chi connectivity index (χ3v) is 1.92. The molecule has 0 N–H and O–H groups in total. The van der Waals surface area contributed by atoms with Crippen LogP contribution in [0.3, 0.4) is 0 Å². The maximum Gasteiger partial charge on any atom is 0.221 e. The minimum Gasteiger partial charge on any atom is -0.449 e. The molecular weight excluding hydrogens is 192 g/mol.